The molecular weight excluding hydrogens is 733 g/mol. The maximum Gasteiger partial charge on any atom is 0.244 e. The van der Waals surface area contributed by atoms with E-state index in [-0.39, 0.29) is 40.0 Å². The Kier molecular flexibility index (Phi) is 10.6. The second kappa shape index (κ2) is 14.8. The maximum atomic E-state index is 14.3. The van der Waals surface area contributed by atoms with E-state index in [1.165, 1.54) is 10.8 Å². The van der Waals surface area contributed by atoms with Gasteiger partial charge in [-0.25, -0.2) is 9.97 Å². The number of ether oxygens (including phenoxy) is 2. The van der Waals surface area contributed by atoms with Crippen LogP contribution in [0.1, 0.15) is 71.7 Å². The number of methoxy groups -OCH3 is 2. The highest BCUT2D eigenvalue weighted by atomic mass is 33.1. The van der Waals surface area contributed by atoms with Crippen LogP contribution in [-0.2, 0) is 22.7 Å². The number of fused-ring (bicyclic) bond motifs is 2. The lowest BCUT2D eigenvalue weighted by Crippen LogP contribution is -2.54. The first kappa shape index (κ1) is 39.3. The van der Waals surface area contributed by atoms with Crippen LogP contribution in [0, 0.1) is 10.8 Å². The van der Waals surface area contributed by atoms with Gasteiger partial charge in [0.15, 0.2) is 0 Å². The molecule has 2 amide bonds. The maximum absolute atomic E-state index is 14.3. The number of carbonyl (C=O) groups is 2. The average molecular weight is 787 g/mol. The average Bonchev–Trinajstić information content (AvgIpc) is 3.45. The molecule has 0 saturated heterocycles. The van der Waals surface area contributed by atoms with Crippen molar-refractivity contribution >= 4 is 33.4 Å². The number of para-hydroxylation sites is 2. The van der Waals surface area contributed by atoms with E-state index in [9.17, 15) is 9.59 Å². The van der Waals surface area contributed by atoms with Gasteiger partial charge in [0, 0.05) is 60.7 Å². The van der Waals surface area contributed by atoms with Crippen LogP contribution in [-0.4, -0.2) is 90.6 Å². The molecule has 55 heavy (non-hydrogen) atoms. The van der Waals surface area contributed by atoms with E-state index in [0.717, 1.165) is 45.7 Å². The molecule has 4 heterocycles. The molecule has 0 radical (unpaired) electrons. The molecule has 1 saturated carbocycles. The van der Waals surface area contributed by atoms with Crippen LogP contribution in [0.4, 0.5) is 0 Å². The highest BCUT2D eigenvalue weighted by Crippen LogP contribution is 2.52. The number of imidazole rings is 2. The number of hydrogen-bond acceptors (Lipinski definition) is 10. The summed E-state index contributed by atoms with van der Waals surface area (Å²) in [6.45, 7) is 15.1. The Bertz CT molecular complexity index is 2070. The second-order valence-corrected chi connectivity index (χ2v) is 19.7. The standard InChI is InChI=1S/C41H54N8O4S2/c1-39(2,3)33-35-44-28(25-13-9-11-15-30(25)52-7)22-46(35)17-19-48(33)37(50)27(42)24-54-55-32-21-41(32,43)38(51)49-20-18-47-23-29(26-14-10-12-16-31(26)53-8)45-36(47)34(49)40(4,5)6/h9-16,22-23,27,32-34H,17-21,24,42-43H2,1-8H3/t27-,32-,33+,34+,41+/m0/s1. The monoisotopic (exact) mass is 786 g/mol. The van der Waals surface area contributed by atoms with Crippen LogP contribution in [0.15, 0.2) is 60.9 Å². The summed E-state index contributed by atoms with van der Waals surface area (Å²) in [4.78, 5) is 42.4. The largest absolute Gasteiger partial charge is 0.496 e. The van der Waals surface area contributed by atoms with Gasteiger partial charge < -0.3 is 39.9 Å². The van der Waals surface area contributed by atoms with Crippen molar-refractivity contribution in [1.82, 2.24) is 28.9 Å². The fourth-order valence-corrected chi connectivity index (χ4v) is 11.1. The Morgan fingerprint density at radius 2 is 1.27 bits per heavy atom. The molecule has 0 unspecified atom stereocenters. The molecule has 14 heteroatoms. The molecule has 0 spiro atoms. The smallest absolute Gasteiger partial charge is 0.244 e. The molecule has 4 N–H and O–H groups in total. The van der Waals surface area contributed by atoms with E-state index in [1.807, 2.05) is 58.3 Å². The molecule has 294 valence electrons. The summed E-state index contributed by atoms with van der Waals surface area (Å²) in [5.74, 6) is 3.45. The van der Waals surface area contributed by atoms with Gasteiger partial charge in [-0.2, -0.15) is 0 Å². The van der Waals surface area contributed by atoms with Crippen LogP contribution in [0.5, 0.6) is 11.5 Å². The van der Waals surface area contributed by atoms with Crippen molar-refractivity contribution in [3.8, 4) is 34.0 Å². The van der Waals surface area contributed by atoms with E-state index < -0.39 is 11.6 Å². The number of nitrogens with zero attached hydrogens (tertiary/aromatic N) is 6. The van der Waals surface area contributed by atoms with Gasteiger partial charge in [-0.1, -0.05) is 87.4 Å². The number of benzene rings is 2. The van der Waals surface area contributed by atoms with Gasteiger partial charge in [-0.3, -0.25) is 9.59 Å². The van der Waals surface area contributed by atoms with Crippen LogP contribution in [0.2, 0.25) is 0 Å². The Morgan fingerprint density at radius 1 is 0.800 bits per heavy atom. The Balaban J connectivity index is 1.00. The number of aromatic nitrogens is 4. The van der Waals surface area contributed by atoms with Gasteiger partial charge in [-0.05, 0) is 41.5 Å². The lowest BCUT2D eigenvalue weighted by Gasteiger charge is -2.44. The Labute approximate surface area is 332 Å². The number of hydrogen-bond donors (Lipinski definition) is 2. The molecule has 4 aromatic rings. The Hall–Kier alpha value is -3.98. The van der Waals surface area contributed by atoms with Crippen molar-refractivity contribution < 1.29 is 19.1 Å². The summed E-state index contributed by atoms with van der Waals surface area (Å²) in [5, 5.41) is -0.0862. The zero-order valence-electron chi connectivity index (χ0n) is 33.1. The summed E-state index contributed by atoms with van der Waals surface area (Å²) in [6.07, 6.45) is 4.68. The van der Waals surface area contributed by atoms with E-state index in [2.05, 4.69) is 63.1 Å². The van der Waals surface area contributed by atoms with Crippen LogP contribution >= 0.6 is 21.6 Å². The molecule has 2 aliphatic heterocycles. The first-order valence-corrected chi connectivity index (χ1v) is 21.3. The molecule has 2 aromatic carbocycles. The molecule has 3 aliphatic rings. The van der Waals surface area contributed by atoms with Gasteiger partial charge in [0.1, 0.15) is 28.7 Å². The molecule has 7 rings (SSSR count). The van der Waals surface area contributed by atoms with Crippen molar-refractivity contribution in [3.63, 3.8) is 0 Å². The first-order valence-electron chi connectivity index (χ1n) is 18.9. The van der Waals surface area contributed by atoms with E-state index >= 15 is 0 Å². The summed E-state index contributed by atoms with van der Waals surface area (Å²) in [5.41, 5.74) is 15.4. The van der Waals surface area contributed by atoms with Crippen molar-refractivity contribution in [1.29, 1.82) is 0 Å². The molecule has 1 fully saturated rings. The summed E-state index contributed by atoms with van der Waals surface area (Å²) in [7, 11) is 6.40. The molecule has 12 nitrogen and oxygen atoms in total. The van der Waals surface area contributed by atoms with Crippen LogP contribution in [0.3, 0.4) is 0 Å². The first-order chi connectivity index (χ1) is 26.1. The van der Waals surface area contributed by atoms with E-state index in [0.29, 0.717) is 38.4 Å². The van der Waals surface area contributed by atoms with Crippen LogP contribution < -0.4 is 20.9 Å². The third-order valence-electron chi connectivity index (χ3n) is 10.9. The lowest BCUT2D eigenvalue weighted by molar-refractivity contribution is -0.140. The minimum atomic E-state index is -0.990. The van der Waals surface area contributed by atoms with Gasteiger partial charge in [0.05, 0.1) is 43.7 Å². The fourth-order valence-electron chi connectivity index (χ4n) is 8.10. The number of carbonyl (C=O) groups excluding carboxylic acids is 2. The predicted molar refractivity (Wildman–Crippen MR) is 220 cm³/mol. The number of amides is 2. The van der Waals surface area contributed by atoms with Gasteiger partial charge >= 0.3 is 0 Å². The normalized spacial score (nSPS) is 22.8. The van der Waals surface area contributed by atoms with Crippen molar-refractivity contribution in [3.05, 3.63) is 72.6 Å². The highest BCUT2D eigenvalue weighted by molar-refractivity contribution is 8.77. The number of nitrogens with two attached hydrogens (primary N) is 2. The fraction of sp³-hybridized carbons (Fsp3) is 0.512. The van der Waals surface area contributed by atoms with Crippen molar-refractivity contribution in [2.75, 3.05) is 33.1 Å². The zero-order valence-corrected chi connectivity index (χ0v) is 34.7. The predicted octanol–water partition coefficient (Wildman–Crippen LogP) is 6.17. The molecule has 2 aromatic heterocycles. The summed E-state index contributed by atoms with van der Waals surface area (Å²) >= 11 is 0. The third-order valence-corrected chi connectivity index (χ3v) is 13.9. The highest BCUT2D eigenvalue weighted by Gasteiger charge is 2.61. The number of rotatable bonds is 10. The quantitative estimate of drug-likeness (QED) is 0.179. The van der Waals surface area contributed by atoms with Crippen LogP contribution in [0.25, 0.3) is 22.5 Å². The SMILES string of the molecule is COc1ccccc1-c1cn2c(n1)[C@H](C(C)(C)C)N(C(=O)[C@@H](N)CSS[C@H]1C[C@]1(N)C(=O)N1CCn3cc(-c4ccccc4OC)nc3[C@@H]1C(C)(C)C)CC2. The van der Waals surface area contributed by atoms with Gasteiger partial charge in [0.2, 0.25) is 11.8 Å². The minimum absolute atomic E-state index is 0.0525. The summed E-state index contributed by atoms with van der Waals surface area (Å²) in [6, 6.07) is 14.4. The van der Waals surface area contributed by atoms with E-state index in [1.54, 1.807) is 25.0 Å². The molecule has 5 atom stereocenters. The van der Waals surface area contributed by atoms with Gasteiger partial charge in [0.25, 0.3) is 0 Å². The molecule has 0 bridgehead atoms. The summed E-state index contributed by atoms with van der Waals surface area (Å²) < 4.78 is 15.6. The molecular formula is C41H54N8O4S2. The molecule has 1 aliphatic carbocycles. The van der Waals surface area contributed by atoms with Crippen molar-refractivity contribution in [2.24, 2.45) is 22.3 Å². The topological polar surface area (TPSA) is 147 Å². The Morgan fingerprint density at radius 3 is 1.76 bits per heavy atom. The minimum Gasteiger partial charge on any atom is -0.496 e. The second-order valence-electron chi connectivity index (χ2n) is 17.0. The van der Waals surface area contributed by atoms with E-state index in [4.69, 9.17) is 30.9 Å². The zero-order chi connectivity index (χ0) is 39.4. The van der Waals surface area contributed by atoms with Gasteiger partial charge in [-0.15, -0.1) is 0 Å². The van der Waals surface area contributed by atoms with Crippen molar-refractivity contribution in [2.45, 2.75) is 90.0 Å². The lowest BCUT2D eigenvalue weighted by atomic mass is 9.83. The third kappa shape index (κ3) is 7.38.